The SMILES string of the molecule is C[C@H](C(=O)NC1CCCCC1)N(Cc1ccccc1)C(=O)CN(c1ccc(Cl)c(Cl)c1)S(C)(=O)=O. The summed E-state index contributed by atoms with van der Waals surface area (Å²) in [5, 5.41) is 3.52. The average Bonchev–Trinajstić information content (AvgIpc) is 2.83. The number of sulfonamides is 1. The first-order valence-electron chi connectivity index (χ1n) is 11.6. The Labute approximate surface area is 217 Å². The van der Waals surface area contributed by atoms with Gasteiger partial charge in [-0.2, -0.15) is 0 Å². The molecule has 2 aromatic rings. The number of hydrogen-bond acceptors (Lipinski definition) is 4. The van der Waals surface area contributed by atoms with E-state index in [0.717, 1.165) is 48.2 Å². The van der Waals surface area contributed by atoms with Gasteiger partial charge >= 0.3 is 0 Å². The Bertz CT molecular complexity index is 1140. The third-order valence-electron chi connectivity index (χ3n) is 6.18. The summed E-state index contributed by atoms with van der Waals surface area (Å²) >= 11 is 12.1. The number of rotatable bonds is 9. The molecule has 0 heterocycles. The van der Waals surface area contributed by atoms with E-state index in [0.29, 0.717) is 0 Å². The van der Waals surface area contributed by atoms with Gasteiger partial charge in [0.05, 0.1) is 22.0 Å². The van der Waals surface area contributed by atoms with Crippen molar-refractivity contribution in [1.82, 2.24) is 10.2 Å². The molecule has 0 spiro atoms. The van der Waals surface area contributed by atoms with Crippen LogP contribution in [0.5, 0.6) is 0 Å². The minimum absolute atomic E-state index is 0.0936. The zero-order valence-corrected chi connectivity index (χ0v) is 22.2. The minimum Gasteiger partial charge on any atom is -0.352 e. The molecule has 10 heteroatoms. The highest BCUT2D eigenvalue weighted by Gasteiger charge is 2.31. The summed E-state index contributed by atoms with van der Waals surface area (Å²) in [4.78, 5) is 28.1. The van der Waals surface area contributed by atoms with Crippen LogP contribution in [-0.2, 0) is 26.2 Å². The van der Waals surface area contributed by atoms with E-state index in [9.17, 15) is 18.0 Å². The smallest absolute Gasteiger partial charge is 0.244 e. The van der Waals surface area contributed by atoms with Gasteiger partial charge in [-0.05, 0) is 43.5 Å². The van der Waals surface area contributed by atoms with Crippen molar-refractivity contribution < 1.29 is 18.0 Å². The second kappa shape index (κ2) is 12.1. The Balaban J connectivity index is 1.86. The van der Waals surface area contributed by atoms with Crippen LogP contribution in [0.4, 0.5) is 5.69 Å². The van der Waals surface area contributed by atoms with Crippen LogP contribution in [0, 0.1) is 0 Å². The summed E-state index contributed by atoms with van der Waals surface area (Å²) in [6.45, 7) is 1.35. The van der Waals surface area contributed by atoms with E-state index in [-0.39, 0.29) is 34.2 Å². The number of amides is 2. The number of halogens is 2. The van der Waals surface area contributed by atoms with Gasteiger partial charge in [0.15, 0.2) is 0 Å². The third kappa shape index (κ3) is 7.59. The third-order valence-corrected chi connectivity index (χ3v) is 8.06. The molecule has 0 aromatic heterocycles. The standard InChI is InChI=1S/C25H31Cl2N3O4S/c1-18(25(32)28-20-11-7-4-8-12-20)29(16-19-9-5-3-6-10-19)24(31)17-30(35(2,33)34)21-13-14-22(26)23(27)15-21/h3,5-6,9-10,13-15,18,20H,4,7-8,11-12,16-17H2,1-2H3,(H,28,32)/t18-/m1/s1. The summed E-state index contributed by atoms with van der Waals surface area (Å²) in [5.41, 5.74) is 1.05. The van der Waals surface area contributed by atoms with E-state index in [4.69, 9.17) is 23.2 Å². The lowest BCUT2D eigenvalue weighted by molar-refractivity contribution is -0.139. The Kier molecular flexibility index (Phi) is 9.44. The highest BCUT2D eigenvalue weighted by Crippen LogP contribution is 2.28. The van der Waals surface area contributed by atoms with Crippen molar-refractivity contribution in [3.8, 4) is 0 Å². The molecule has 1 fully saturated rings. The fourth-order valence-electron chi connectivity index (χ4n) is 4.19. The molecule has 7 nitrogen and oxygen atoms in total. The number of nitrogens with zero attached hydrogens (tertiary/aromatic N) is 2. The molecular weight excluding hydrogens is 509 g/mol. The Morgan fingerprint density at radius 1 is 1.03 bits per heavy atom. The number of hydrogen-bond donors (Lipinski definition) is 1. The lowest BCUT2D eigenvalue weighted by Gasteiger charge is -2.33. The Morgan fingerprint density at radius 3 is 2.29 bits per heavy atom. The molecule has 1 aliphatic carbocycles. The van der Waals surface area contributed by atoms with E-state index < -0.39 is 28.5 Å². The van der Waals surface area contributed by atoms with Crippen LogP contribution >= 0.6 is 23.2 Å². The summed E-state index contributed by atoms with van der Waals surface area (Å²) in [6, 6.07) is 13.0. The van der Waals surface area contributed by atoms with Gasteiger partial charge in [0, 0.05) is 12.6 Å². The Morgan fingerprint density at radius 2 is 1.69 bits per heavy atom. The molecule has 1 aliphatic rings. The molecule has 0 bridgehead atoms. The molecule has 1 N–H and O–H groups in total. The van der Waals surface area contributed by atoms with Gasteiger partial charge in [-0.25, -0.2) is 8.42 Å². The highest BCUT2D eigenvalue weighted by atomic mass is 35.5. The molecule has 0 saturated heterocycles. The molecular formula is C25H31Cl2N3O4S. The first-order valence-corrected chi connectivity index (χ1v) is 14.2. The van der Waals surface area contributed by atoms with Gasteiger partial charge in [0.2, 0.25) is 21.8 Å². The van der Waals surface area contributed by atoms with Gasteiger partial charge < -0.3 is 10.2 Å². The normalized spacial score (nSPS) is 15.3. The maximum Gasteiger partial charge on any atom is 0.244 e. The van der Waals surface area contributed by atoms with Gasteiger partial charge in [-0.3, -0.25) is 13.9 Å². The van der Waals surface area contributed by atoms with Crippen LogP contribution in [0.3, 0.4) is 0 Å². The largest absolute Gasteiger partial charge is 0.352 e. The molecule has 1 saturated carbocycles. The van der Waals surface area contributed by atoms with Crippen LogP contribution < -0.4 is 9.62 Å². The maximum absolute atomic E-state index is 13.5. The highest BCUT2D eigenvalue weighted by molar-refractivity contribution is 7.92. The number of carbonyl (C=O) groups is 2. The first kappa shape index (κ1) is 27.3. The fourth-order valence-corrected chi connectivity index (χ4v) is 5.32. The molecule has 2 aromatic carbocycles. The first-order chi connectivity index (χ1) is 16.6. The summed E-state index contributed by atoms with van der Waals surface area (Å²) in [7, 11) is -3.83. The van der Waals surface area contributed by atoms with Gasteiger partial charge in [0.25, 0.3) is 0 Å². The molecule has 0 radical (unpaired) electrons. The molecule has 35 heavy (non-hydrogen) atoms. The quantitative estimate of drug-likeness (QED) is 0.503. The van der Waals surface area contributed by atoms with E-state index in [1.807, 2.05) is 30.3 Å². The molecule has 190 valence electrons. The van der Waals surface area contributed by atoms with Crippen molar-refractivity contribution >= 4 is 50.7 Å². The number of nitrogens with one attached hydrogen (secondary N) is 1. The van der Waals surface area contributed by atoms with Crippen LogP contribution in [0.25, 0.3) is 0 Å². The van der Waals surface area contributed by atoms with Crippen molar-refractivity contribution in [2.24, 2.45) is 0 Å². The van der Waals surface area contributed by atoms with E-state index in [1.165, 1.54) is 23.1 Å². The predicted molar refractivity (Wildman–Crippen MR) is 140 cm³/mol. The van der Waals surface area contributed by atoms with Gasteiger partial charge in [-0.1, -0.05) is 72.8 Å². The fraction of sp³-hybridized carbons (Fsp3) is 0.440. The summed E-state index contributed by atoms with van der Waals surface area (Å²) < 4.78 is 26.2. The van der Waals surface area contributed by atoms with E-state index in [1.54, 1.807) is 6.92 Å². The minimum atomic E-state index is -3.83. The molecule has 0 aliphatic heterocycles. The van der Waals surface area contributed by atoms with Crippen LogP contribution in [0.1, 0.15) is 44.6 Å². The zero-order chi connectivity index (χ0) is 25.6. The molecule has 3 rings (SSSR count). The van der Waals surface area contributed by atoms with Crippen molar-refractivity contribution in [3.05, 3.63) is 64.1 Å². The van der Waals surface area contributed by atoms with Crippen LogP contribution in [0.2, 0.25) is 10.0 Å². The summed E-state index contributed by atoms with van der Waals surface area (Å²) in [6.07, 6.45) is 6.16. The second-order valence-corrected chi connectivity index (χ2v) is 11.6. The second-order valence-electron chi connectivity index (χ2n) is 8.89. The monoisotopic (exact) mass is 539 g/mol. The van der Waals surface area contributed by atoms with Crippen LogP contribution in [0.15, 0.2) is 48.5 Å². The van der Waals surface area contributed by atoms with Crippen molar-refractivity contribution in [2.75, 3.05) is 17.1 Å². The zero-order valence-electron chi connectivity index (χ0n) is 19.9. The van der Waals surface area contributed by atoms with E-state index >= 15 is 0 Å². The number of anilines is 1. The number of carbonyl (C=O) groups excluding carboxylic acids is 2. The van der Waals surface area contributed by atoms with Crippen molar-refractivity contribution in [2.45, 2.75) is 57.7 Å². The molecule has 1 atom stereocenters. The number of benzene rings is 2. The van der Waals surface area contributed by atoms with Gasteiger partial charge in [-0.15, -0.1) is 0 Å². The van der Waals surface area contributed by atoms with Crippen LogP contribution in [-0.4, -0.2) is 50.0 Å². The van der Waals surface area contributed by atoms with Crippen molar-refractivity contribution in [1.29, 1.82) is 0 Å². The van der Waals surface area contributed by atoms with Gasteiger partial charge in [0.1, 0.15) is 12.6 Å². The topological polar surface area (TPSA) is 86.8 Å². The Hall–Kier alpha value is -2.29. The average molecular weight is 541 g/mol. The van der Waals surface area contributed by atoms with E-state index in [2.05, 4.69) is 5.32 Å². The lowest BCUT2D eigenvalue weighted by Crippen LogP contribution is -2.52. The molecule has 0 unspecified atom stereocenters. The predicted octanol–water partition coefficient (Wildman–Crippen LogP) is 4.63. The summed E-state index contributed by atoms with van der Waals surface area (Å²) in [5.74, 6) is -0.752. The maximum atomic E-state index is 13.5. The lowest BCUT2D eigenvalue weighted by atomic mass is 9.95. The van der Waals surface area contributed by atoms with Crippen molar-refractivity contribution in [3.63, 3.8) is 0 Å². The molecule has 2 amide bonds.